The first kappa shape index (κ1) is 19.0. The minimum absolute atomic E-state index is 0.0406. The molecule has 1 amide bonds. The zero-order valence-corrected chi connectivity index (χ0v) is 14.8. The van der Waals surface area contributed by atoms with E-state index in [0.29, 0.717) is 5.56 Å². The summed E-state index contributed by atoms with van der Waals surface area (Å²) in [6.45, 7) is 0.0687. The summed E-state index contributed by atoms with van der Waals surface area (Å²) >= 11 is 0. The molecule has 0 saturated heterocycles. The van der Waals surface area contributed by atoms with Gasteiger partial charge in [0.1, 0.15) is 12.4 Å². The minimum Gasteiger partial charge on any atom is -0.508 e. The van der Waals surface area contributed by atoms with Crippen molar-refractivity contribution in [3.05, 3.63) is 65.7 Å². The number of nitrogens with one attached hydrogen (secondary N) is 1. The van der Waals surface area contributed by atoms with Crippen molar-refractivity contribution >= 4 is 13.7 Å². The molecule has 0 aliphatic rings. The highest BCUT2D eigenvalue weighted by atomic mass is 31.2. The predicted molar refractivity (Wildman–Crippen MR) is 92.2 cm³/mol. The van der Waals surface area contributed by atoms with Gasteiger partial charge in [0.05, 0.1) is 0 Å². The molecule has 0 fully saturated rings. The second kappa shape index (κ2) is 8.67. The lowest BCUT2D eigenvalue weighted by Crippen LogP contribution is -2.29. The molecule has 0 aliphatic heterocycles. The summed E-state index contributed by atoms with van der Waals surface area (Å²) in [5.41, 5.74) is 1.27. The molecule has 2 aromatic rings. The van der Waals surface area contributed by atoms with Crippen LogP contribution in [-0.4, -0.2) is 25.4 Å². The molecule has 134 valence electrons. The number of carbonyl (C=O) groups is 1. The number of hydrogen-bond donors (Lipinski definition) is 2. The fourth-order valence-corrected chi connectivity index (χ4v) is 3.53. The normalized spacial score (nSPS) is 12.4. The summed E-state index contributed by atoms with van der Waals surface area (Å²) in [5, 5.41) is 11.9. The van der Waals surface area contributed by atoms with Crippen LogP contribution >= 0.6 is 7.60 Å². The van der Waals surface area contributed by atoms with E-state index in [-0.39, 0.29) is 12.4 Å². The maximum atomic E-state index is 12.8. The van der Waals surface area contributed by atoms with Crippen LogP contribution < -0.4 is 5.32 Å². The number of phenolic OH excluding ortho intramolecular Hbond substituents is 1. The highest BCUT2D eigenvalue weighted by Crippen LogP contribution is 2.58. The van der Waals surface area contributed by atoms with Crippen LogP contribution in [0.2, 0.25) is 0 Å². The molecule has 2 N–H and O–H groups in total. The maximum absolute atomic E-state index is 12.8. The van der Waals surface area contributed by atoms with E-state index in [0.717, 1.165) is 5.56 Å². The smallest absolute Gasteiger partial charge is 0.408 e. The standard InChI is InChI=1S/C17H20NO6P/c1-22-25(21,23-2)16(14-8-10-15(19)11-9-14)18-17(20)24-12-13-6-4-3-5-7-13/h3-11,16,19H,12H2,1-2H3,(H,18,20). The molecule has 2 rings (SSSR count). The largest absolute Gasteiger partial charge is 0.508 e. The van der Waals surface area contributed by atoms with Crippen LogP contribution in [0.5, 0.6) is 5.75 Å². The van der Waals surface area contributed by atoms with Crippen LogP contribution in [0.4, 0.5) is 4.79 Å². The van der Waals surface area contributed by atoms with Crippen LogP contribution in [0.1, 0.15) is 16.9 Å². The van der Waals surface area contributed by atoms with Gasteiger partial charge in [-0.3, -0.25) is 4.57 Å². The molecule has 0 spiro atoms. The van der Waals surface area contributed by atoms with Crippen molar-refractivity contribution in [3.8, 4) is 5.75 Å². The zero-order valence-electron chi connectivity index (χ0n) is 13.9. The van der Waals surface area contributed by atoms with Gasteiger partial charge in [-0.15, -0.1) is 0 Å². The summed E-state index contributed by atoms with van der Waals surface area (Å²) in [5.74, 6) is -1.04. The number of aromatic hydroxyl groups is 1. The third-order valence-corrected chi connectivity index (χ3v) is 5.58. The molecule has 0 aliphatic carbocycles. The van der Waals surface area contributed by atoms with Gasteiger partial charge in [-0.2, -0.15) is 0 Å². The fourth-order valence-electron chi connectivity index (χ4n) is 2.16. The average molecular weight is 365 g/mol. The summed E-state index contributed by atoms with van der Waals surface area (Å²) < 4.78 is 27.9. The van der Waals surface area contributed by atoms with Gasteiger partial charge >= 0.3 is 13.7 Å². The third-order valence-electron chi connectivity index (χ3n) is 3.50. The molecule has 0 bridgehead atoms. The Balaban J connectivity index is 2.14. The van der Waals surface area contributed by atoms with E-state index in [1.807, 2.05) is 30.3 Å². The van der Waals surface area contributed by atoms with E-state index in [1.54, 1.807) is 0 Å². The van der Waals surface area contributed by atoms with Gasteiger partial charge in [-0.25, -0.2) is 4.79 Å². The summed E-state index contributed by atoms with van der Waals surface area (Å²) in [4.78, 5) is 12.1. The van der Waals surface area contributed by atoms with Gasteiger partial charge in [-0.05, 0) is 23.3 Å². The average Bonchev–Trinajstić information content (AvgIpc) is 2.65. The van der Waals surface area contributed by atoms with E-state index in [2.05, 4.69) is 5.32 Å². The zero-order chi connectivity index (χ0) is 18.3. The minimum atomic E-state index is -3.67. The Morgan fingerprint density at radius 2 is 1.68 bits per heavy atom. The quantitative estimate of drug-likeness (QED) is 0.725. The summed E-state index contributed by atoms with van der Waals surface area (Å²) in [7, 11) is -1.21. The Morgan fingerprint density at radius 1 is 1.08 bits per heavy atom. The van der Waals surface area contributed by atoms with Crippen LogP contribution in [0.25, 0.3) is 0 Å². The Bertz CT molecular complexity index is 727. The van der Waals surface area contributed by atoms with Crippen molar-refractivity contribution in [2.24, 2.45) is 0 Å². The molecule has 1 unspecified atom stereocenters. The molecule has 0 aromatic heterocycles. The first-order valence-electron chi connectivity index (χ1n) is 7.46. The molecule has 7 nitrogen and oxygen atoms in total. The molecule has 0 saturated carbocycles. The van der Waals surface area contributed by atoms with E-state index < -0.39 is 19.5 Å². The van der Waals surface area contributed by atoms with Gasteiger partial charge < -0.3 is 24.2 Å². The van der Waals surface area contributed by atoms with Crippen molar-refractivity contribution in [2.45, 2.75) is 12.4 Å². The number of ether oxygens (including phenoxy) is 1. The third kappa shape index (κ3) is 5.06. The molecule has 1 atom stereocenters. The number of amides is 1. The lowest BCUT2D eigenvalue weighted by molar-refractivity contribution is 0.136. The van der Waals surface area contributed by atoms with Gasteiger partial charge in [-0.1, -0.05) is 42.5 Å². The number of phenols is 1. The Kier molecular flexibility index (Phi) is 6.58. The van der Waals surface area contributed by atoms with Gasteiger partial charge in [0.25, 0.3) is 0 Å². The lowest BCUT2D eigenvalue weighted by atomic mass is 10.2. The fraction of sp³-hybridized carbons (Fsp3) is 0.235. The second-order valence-electron chi connectivity index (χ2n) is 5.11. The van der Waals surface area contributed by atoms with E-state index in [4.69, 9.17) is 13.8 Å². The van der Waals surface area contributed by atoms with Crippen molar-refractivity contribution in [3.63, 3.8) is 0 Å². The van der Waals surface area contributed by atoms with E-state index in [1.165, 1.54) is 38.5 Å². The summed E-state index contributed by atoms with van der Waals surface area (Å²) in [6, 6.07) is 15.0. The SMILES string of the molecule is COP(=O)(OC)C(NC(=O)OCc1ccccc1)c1ccc(O)cc1. The van der Waals surface area contributed by atoms with Crippen molar-refractivity contribution in [2.75, 3.05) is 14.2 Å². The first-order chi connectivity index (χ1) is 12.0. The Hall–Kier alpha value is -2.34. The van der Waals surface area contributed by atoms with E-state index >= 15 is 0 Å². The van der Waals surface area contributed by atoms with Crippen LogP contribution in [-0.2, 0) is 25.0 Å². The molecular formula is C17H20NO6P. The molecule has 25 heavy (non-hydrogen) atoms. The predicted octanol–water partition coefficient (Wildman–Crippen LogP) is 3.80. The molecule has 8 heteroatoms. The van der Waals surface area contributed by atoms with E-state index in [9.17, 15) is 14.5 Å². The van der Waals surface area contributed by atoms with Gasteiger partial charge in [0.2, 0.25) is 0 Å². The Labute approximate surface area is 146 Å². The lowest BCUT2D eigenvalue weighted by Gasteiger charge is -2.25. The number of benzene rings is 2. The van der Waals surface area contributed by atoms with Gasteiger partial charge in [0.15, 0.2) is 5.78 Å². The van der Waals surface area contributed by atoms with Crippen LogP contribution in [0, 0.1) is 0 Å². The van der Waals surface area contributed by atoms with Crippen LogP contribution in [0.15, 0.2) is 54.6 Å². The van der Waals surface area contributed by atoms with Gasteiger partial charge in [0, 0.05) is 14.2 Å². The number of hydrogen-bond acceptors (Lipinski definition) is 6. The maximum Gasteiger partial charge on any atom is 0.408 e. The number of carbonyl (C=O) groups excluding carboxylic acids is 1. The number of alkyl carbamates (subject to hydrolysis) is 1. The number of rotatable bonds is 7. The molecular weight excluding hydrogens is 345 g/mol. The van der Waals surface area contributed by atoms with Crippen LogP contribution in [0.3, 0.4) is 0 Å². The van der Waals surface area contributed by atoms with Crippen molar-refractivity contribution < 1.29 is 28.3 Å². The second-order valence-corrected chi connectivity index (χ2v) is 7.43. The highest BCUT2D eigenvalue weighted by Gasteiger charge is 2.37. The van der Waals surface area contributed by atoms with Crippen molar-refractivity contribution in [1.82, 2.24) is 5.32 Å². The topological polar surface area (TPSA) is 94.1 Å². The molecule has 0 heterocycles. The highest BCUT2D eigenvalue weighted by molar-refractivity contribution is 7.54. The molecule has 2 aromatic carbocycles. The monoisotopic (exact) mass is 365 g/mol. The van der Waals surface area contributed by atoms with Crippen molar-refractivity contribution in [1.29, 1.82) is 0 Å². The first-order valence-corrected chi connectivity index (χ1v) is 9.07. The summed E-state index contributed by atoms with van der Waals surface area (Å²) in [6.07, 6.45) is -0.767. The molecule has 0 radical (unpaired) electrons. The Morgan fingerprint density at radius 3 is 2.24 bits per heavy atom.